The largest absolute Gasteiger partial charge is 0.444 e. The van der Waals surface area contributed by atoms with Gasteiger partial charge in [0.15, 0.2) is 5.65 Å². The van der Waals surface area contributed by atoms with E-state index >= 15 is 0 Å². The van der Waals surface area contributed by atoms with Gasteiger partial charge in [-0.15, -0.1) is 0 Å². The molecule has 0 radical (unpaired) electrons. The maximum atomic E-state index is 12.1. The molecule has 156 valence electrons. The maximum absolute atomic E-state index is 12.1. The first kappa shape index (κ1) is 20.6. The third kappa shape index (κ3) is 5.01. The van der Waals surface area contributed by atoms with Crippen LogP contribution in [0.5, 0.6) is 0 Å². The van der Waals surface area contributed by atoms with Crippen LogP contribution in [0.1, 0.15) is 45.3 Å². The van der Waals surface area contributed by atoms with Crippen molar-refractivity contribution in [1.29, 1.82) is 0 Å². The number of aryl methyl sites for hydroxylation is 1. The molecule has 10 nitrogen and oxygen atoms in total. The number of nitrogens with zero attached hydrogens (tertiary/aromatic N) is 3. The van der Waals surface area contributed by atoms with Gasteiger partial charge in [0.1, 0.15) is 11.6 Å². The number of aromatic nitrogens is 3. The average Bonchev–Trinajstić information content (AvgIpc) is 2.99. The van der Waals surface area contributed by atoms with Crippen LogP contribution in [-0.4, -0.2) is 51.4 Å². The standard InChI is InChI=1S/C19H26N6O4/c1-11-13(20-7-8-21-18(28)29-19(2,3)4)9-12-10-22-25(16(12)23-11)14-5-6-15(26)24-17(14)27/h9-10,14,20H,5-8H2,1-4H3,(H,21,28)(H,24,26,27). The topological polar surface area (TPSA) is 127 Å². The van der Waals surface area contributed by atoms with Gasteiger partial charge in [0.25, 0.3) is 5.91 Å². The molecule has 3 N–H and O–H groups in total. The van der Waals surface area contributed by atoms with Crippen molar-refractivity contribution in [3.05, 3.63) is 18.0 Å². The molecule has 3 amide bonds. The number of carbonyl (C=O) groups is 3. The summed E-state index contributed by atoms with van der Waals surface area (Å²) in [4.78, 5) is 39.8. The van der Waals surface area contributed by atoms with Gasteiger partial charge in [0, 0.05) is 24.9 Å². The maximum Gasteiger partial charge on any atom is 0.407 e. The lowest BCUT2D eigenvalue weighted by Gasteiger charge is -2.21. The molecule has 0 spiro atoms. The molecule has 0 bridgehead atoms. The Morgan fingerprint density at radius 1 is 1.34 bits per heavy atom. The molecule has 1 atom stereocenters. The summed E-state index contributed by atoms with van der Waals surface area (Å²) >= 11 is 0. The van der Waals surface area contributed by atoms with E-state index in [1.165, 1.54) is 0 Å². The molecule has 2 aromatic rings. The van der Waals surface area contributed by atoms with Gasteiger partial charge in [-0.05, 0) is 40.2 Å². The Morgan fingerprint density at radius 2 is 2.10 bits per heavy atom. The van der Waals surface area contributed by atoms with Crippen molar-refractivity contribution >= 4 is 34.6 Å². The molecule has 0 aromatic carbocycles. The number of imide groups is 1. The number of fused-ring (bicyclic) bond motifs is 1. The van der Waals surface area contributed by atoms with Crippen LogP contribution in [0.25, 0.3) is 11.0 Å². The molecule has 0 aliphatic carbocycles. The number of hydrogen-bond donors (Lipinski definition) is 3. The number of carbonyl (C=O) groups excluding carboxylic acids is 3. The van der Waals surface area contributed by atoms with E-state index in [1.54, 1.807) is 10.9 Å². The van der Waals surface area contributed by atoms with E-state index in [-0.39, 0.29) is 18.2 Å². The first-order valence-electron chi connectivity index (χ1n) is 9.53. The summed E-state index contributed by atoms with van der Waals surface area (Å²) in [7, 11) is 0. The van der Waals surface area contributed by atoms with E-state index in [0.717, 1.165) is 16.8 Å². The Bertz CT molecular complexity index is 946. The summed E-state index contributed by atoms with van der Waals surface area (Å²) < 4.78 is 6.76. The second-order valence-corrected chi connectivity index (χ2v) is 7.95. The highest BCUT2D eigenvalue weighted by atomic mass is 16.6. The molecule has 1 fully saturated rings. The summed E-state index contributed by atoms with van der Waals surface area (Å²) in [5, 5.41) is 13.4. The molecule has 3 rings (SSSR count). The minimum Gasteiger partial charge on any atom is -0.444 e. The van der Waals surface area contributed by atoms with Gasteiger partial charge in [-0.2, -0.15) is 5.10 Å². The Kier molecular flexibility index (Phi) is 5.71. The van der Waals surface area contributed by atoms with Crippen LogP contribution in [0.4, 0.5) is 10.5 Å². The van der Waals surface area contributed by atoms with Crippen LogP contribution in [0, 0.1) is 6.92 Å². The van der Waals surface area contributed by atoms with Crippen molar-refractivity contribution in [2.24, 2.45) is 0 Å². The minimum absolute atomic E-state index is 0.265. The number of anilines is 1. The lowest BCUT2D eigenvalue weighted by molar-refractivity contribution is -0.135. The van der Waals surface area contributed by atoms with Crippen molar-refractivity contribution in [3.63, 3.8) is 0 Å². The summed E-state index contributed by atoms with van der Waals surface area (Å²) in [5.41, 5.74) is 1.61. The van der Waals surface area contributed by atoms with Crippen LogP contribution in [0.15, 0.2) is 12.3 Å². The highest BCUT2D eigenvalue weighted by Crippen LogP contribution is 2.25. The molecule has 29 heavy (non-hydrogen) atoms. The molecule has 0 saturated carbocycles. The summed E-state index contributed by atoms with van der Waals surface area (Å²) in [5.74, 6) is -0.626. The number of ether oxygens (including phenoxy) is 1. The number of hydrogen-bond acceptors (Lipinski definition) is 7. The number of piperidine rings is 1. The summed E-state index contributed by atoms with van der Waals surface area (Å²) in [6, 6.07) is 1.36. The molecule has 10 heteroatoms. The van der Waals surface area contributed by atoms with E-state index < -0.39 is 17.7 Å². The van der Waals surface area contributed by atoms with E-state index in [9.17, 15) is 14.4 Å². The van der Waals surface area contributed by atoms with Crippen LogP contribution >= 0.6 is 0 Å². The highest BCUT2D eigenvalue weighted by molar-refractivity contribution is 6.00. The van der Waals surface area contributed by atoms with Crippen molar-refractivity contribution in [2.75, 3.05) is 18.4 Å². The van der Waals surface area contributed by atoms with E-state index in [2.05, 4.69) is 26.0 Å². The van der Waals surface area contributed by atoms with Crippen LogP contribution < -0.4 is 16.0 Å². The molecule has 1 unspecified atom stereocenters. The van der Waals surface area contributed by atoms with Gasteiger partial charge >= 0.3 is 6.09 Å². The van der Waals surface area contributed by atoms with E-state index in [1.807, 2.05) is 33.8 Å². The minimum atomic E-state index is -0.547. The fourth-order valence-electron chi connectivity index (χ4n) is 3.06. The average molecular weight is 402 g/mol. The fraction of sp³-hybridized carbons (Fsp3) is 0.526. The monoisotopic (exact) mass is 402 g/mol. The van der Waals surface area contributed by atoms with Crippen molar-refractivity contribution in [1.82, 2.24) is 25.4 Å². The molecular weight excluding hydrogens is 376 g/mol. The number of rotatable bonds is 5. The second-order valence-electron chi connectivity index (χ2n) is 7.95. The summed E-state index contributed by atoms with van der Waals surface area (Å²) in [6.07, 6.45) is 1.87. The quantitative estimate of drug-likeness (QED) is 0.512. The highest BCUT2D eigenvalue weighted by Gasteiger charge is 2.30. The zero-order valence-corrected chi connectivity index (χ0v) is 17.0. The molecule has 1 aliphatic heterocycles. The van der Waals surface area contributed by atoms with E-state index in [4.69, 9.17) is 4.74 Å². The van der Waals surface area contributed by atoms with E-state index in [0.29, 0.717) is 25.2 Å². The predicted molar refractivity (Wildman–Crippen MR) is 106 cm³/mol. The zero-order valence-electron chi connectivity index (χ0n) is 17.0. The second kappa shape index (κ2) is 8.06. The SMILES string of the molecule is Cc1nc2c(cnn2C2CCC(=O)NC2=O)cc1NCCNC(=O)OC(C)(C)C. The van der Waals surface area contributed by atoms with Gasteiger partial charge in [0.2, 0.25) is 5.91 Å². The lowest BCUT2D eigenvalue weighted by atomic mass is 10.1. The number of pyridine rings is 1. The Balaban J connectivity index is 1.64. The zero-order chi connectivity index (χ0) is 21.2. The first-order chi connectivity index (χ1) is 13.6. The lowest BCUT2D eigenvalue weighted by Crippen LogP contribution is -2.42. The molecule has 1 saturated heterocycles. The molecule has 3 heterocycles. The normalized spacial score (nSPS) is 17.2. The van der Waals surface area contributed by atoms with Gasteiger partial charge in [-0.1, -0.05) is 0 Å². The van der Waals surface area contributed by atoms with Crippen molar-refractivity contribution < 1.29 is 19.1 Å². The first-order valence-corrected chi connectivity index (χ1v) is 9.53. The number of amides is 3. The summed E-state index contributed by atoms with van der Waals surface area (Å²) in [6.45, 7) is 8.17. The Hall–Kier alpha value is -3.17. The number of alkyl carbamates (subject to hydrolysis) is 1. The van der Waals surface area contributed by atoms with Crippen LogP contribution in [0.2, 0.25) is 0 Å². The predicted octanol–water partition coefficient (Wildman–Crippen LogP) is 1.65. The van der Waals surface area contributed by atoms with Crippen molar-refractivity contribution in [2.45, 2.75) is 52.2 Å². The smallest absolute Gasteiger partial charge is 0.407 e. The van der Waals surface area contributed by atoms with Gasteiger partial charge in [0.05, 0.1) is 17.6 Å². The Labute approximate surface area is 168 Å². The van der Waals surface area contributed by atoms with Crippen LogP contribution in [-0.2, 0) is 14.3 Å². The number of nitrogens with one attached hydrogen (secondary N) is 3. The molecule has 1 aliphatic rings. The van der Waals surface area contributed by atoms with Gasteiger partial charge in [-0.3, -0.25) is 14.9 Å². The van der Waals surface area contributed by atoms with Gasteiger partial charge in [-0.25, -0.2) is 14.5 Å². The molecule has 2 aromatic heterocycles. The third-order valence-electron chi connectivity index (χ3n) is 4.37. The fourth-order valence-corrected chi connectivity index (χ4v) is 3.06. The third-order valence-corrected chi connectivity index (χ3v) is 4.37. The van der Waals surface area contributed by atoms with Crippen LogP contribution in [0.3, 0.4) is 0 Å². The van der Waals surface area contributed by atoms with Gasteiger partial charge < -0.3 is 15.4 Å². The van der Waals surface area contributed by atoms with Crippen molar-refractivity contribution in [3.8, 4) is 0 Å². The molecular formula is C19H26N6O4. The Morgan fingerprint density at radius 3 is 2.79 bits per heavy atom.